The van der Waals surface area contributed by atoms with Gasteiger partial charge in [-0.25, -0.2) is 4.79 Å². The third-order valence-corrected chi connectivity index (χ3v) is 5.21. The molecule has 0 aliphatic heterocycles. The van der Waals surface area contributed by atoms with Crippen molar-refractivity contribution < 1.29 is 19.1 Å². The number of hydrogen-bond donors (Lipinski definition) is 2. The molecule has 0 radical (unpaired) electrons. The number of carboxylic acids is 1. The van der Waals surface area contributed by atoms with Gasteiger partial charge in [0, 0.05) is 18.0 Å². The van der Waals surface area contributed by atoms with Gasteiger partial charge >= 0.3 is 5.97 Å². The summed E-state index contributed by atoms with van der Waals surface area (Å²) in [5, 5.41) is 11.7. The zero-order valence-corrected chi connectivity index (χ0v) is 12.5. The first-order valence-electron chi connectivity index (χ1n) is 7.78. The lowest BCUT2D eigenvalue weighted by Crippen LogP contribution is -2.27. The van der Waals surface area contributed by atoms with Crippen LogP contribution >= 0.6 is 0 Å². The number of aryl methyl sites for hydroxylation is 1. The number of hydrogen-bond acceptors (Lipinski definition) is 3. The lowest BCUT2D eigenvalue weighted by Gasteiger charge is -2.11. The number of carbonyl (C=O) groups is 2. The summed E-state index contributed by atoms with van der Waals surface area (Å²) in [6.45, 7) is 0.594. The molecule has 1 fully saturated rings. The monoisotopic (exact) mass is 311 g/mol. The number of benzene rings is 1. The number of rotatable bonds is 4. The Morgan fingerprint density at radius 2 is 2.17 bits per heavy atom. The van der Waals surface area contributed by atoms with Crippen molar-refractivity contribution in [3.8, 4) is 0 Å². The number of nitrogens with one attached hydrogen (secondary N) is 1. The van der Waals surface area contributed by atoms with Gasteiger partial charge in [-0.2, -0.15) is 0 Å². The largest absolute Gasteiger partial charge is 0.478 e. The summed E-state index contributed by atoms with van der Waals surface area (Å²) in [5.41, 5.74) is 3.09. The van der Waals surface area contributed by atoms with Gasteiger partial charge in [-0.1, -0.05) is 24.3 Å². The average Bonchev–Trinajstić information content (AvgIpc) is 2.89. The second kappa shape index (κ2) is 4.98. The van der Waals surface area contributed by atoms with Crippen LogP contribution in [0, 0.1) is 5.92 Å². The van der Waals surface area contributed by atoms with Gasteiger partial charge < -0.3 is 14.8 Å². The zero-order chi connectivity index (χ0) is 16.0. The Hall–Kier alpha value is -2.56. The van der Waals surface area contributed by atoms with E-state index in [4.69, 9.17) is 9.52 Å². The van der Waals surface area contributed by atoms with Crippen LogP contribution in [-0.2, 0) is 11.8 Å². The lowest BCUT2D eigenvalue weighted by molar-refractivity contribution is 0.0696. The van der Waals surface area contributed by atoms with Crippen LogP contribution in [0.5, 0.6) is 0 Å². The van der Waals surface area contributed by atoms with Crippen LogP contribution < -0.4 is 5.32 Å². The van der Waals surface area contributed by atoms with E-state index < -0.39 is 5.97 Å². The van der Waals surface area contributed by atoms with Crippen molar-refractivity contribution in [2.24, 2.45) is 5.92 Å². The summed E-state index contributed by atoms with van der Waals surface area (Å²) in [5.74, 6) is -0.963. The SMILES string of the molecule is O=C(O)c1coc(C(=O)NC[C@@H]2C[C@]23CCc2ccccc23)c1. The van der Waals surface area contributed by atoms with Crippen LogP contribution in [-0.4, -0.2) is 23.5 Å². The molecule has 5 nitrogen and oxygen atoms in total. The highest BCUT2D eigenvalue weighted by Crippen LogP contribution is 2.61. The van der Waals surface area contributed by atoms with Crippen LogP contribution in [0.25, 0.3) is 0 Å². The van der Waals surface area contributed by atoms with E-state index in [1.54, 1.807) is 0 Å². The lowest BCUT2D eigenvalue weighted by atomic mass is 9.95. The Bertz CT molecular complexity index is 794. The van der Waals surface area contributed by atoms with Gasteiger partial charge in [-0.05, 0) is 36.3 Å². The molecule has 1 aromatic carbocycles. The summed E-state index contributed by atoms with van der Waals surface area (Å²) in [6, 6.07) is 9.81. The third-order valence-electron chi connectivity index (χ3n) is 5.21. The number of fused-ring (bicyclic) bond motifs is 2. The molecule has 2 aliphatic carbocycles. The number of aromatic carboxylic acids is 1. The van der Waals surface area contributed by atoms with Gasteiger partial charge in [0.25, 0.3) is 5.91 Å². The second-order valence-corrected chi connectivity index (χ2v) is 6.43. The molecule has 0 unspecified atom stereocenters. The molecule has 2 atom stereocenters. The summed E-state index contributed by atoms with van der Waals surface area (Å²) >= 11 is 0. The van der Waals surface area contributed by atoms with E-state index in [-0.39, 0.29) is 22.6 Å². The Kier molecular flexibility index (Phi) is 3.04. The maximum absolute atomic E-state index is 12.1. The fourth-order valence-electron chi connectivity index (χ4n) is 3.87. The molecule has 5 heteroatoms. The molecule has 118 valence electrons. The van der Waals surface area contributed by atoms with Crippen molar-refractivity contribution in [3.63, 3.8) is 0 Å². The molecule has 0 bridgehead atoms. The van der Waals surface area contributed by atoms with Gasteiger partial charge in [-0.15, -0.1) is 0 Å². The molecule has 1 saturated carbocycles. The molecule has 1 aromatic heterocycles. The number of amides is 1. The van der Waals surface area contributed by atoms with E-state index in [0.29, 0.717) is 12.5 Å². The first-order valence-corrected chi connectivity index (χ1v) is 7.78. The molecule has 1 amide bonds. The van der Waals surface area contributed by atoms with Crippen molar-refractivity contribution >= 4 is 11.9 Å². The first-order chi connectivity index (χ1) is 11.1. The molecule has 2 N–H and O–H groups in total. The van der Waals surface area contributed by atoms with E-state index >= 15 is 0 Å². The van der Waals surface area contributed by atoms with E-state index in [2.05, 4.69) is 29.6 Å². The summed E-state index contributed by atoms with van der Waals surface area (Å²) in [6.07, 6.45) is 4.45. The Labute approximate surface area is 133 Å². The summed E-state index contributed by atoms with van der Waals surface area (Å²) < 4.78 is 5.02. The average molecular weight is 311 g/mol. The fraction of sp³-hybridized carbons (Fsp3) is 0.333. The Morgan fingerprint density at radius 3 is 2.96 bits per heavy atom. The highest BCUT2D eigenvalue weighted by Gasteiger charge is 2.57. The number of furan rings is 1. The minimum absolute atomic E-state index is 0.0113. The van der Waals surface area contributed by atoms with Gasteiger partial charge in [0.2, 0.25) is 0 Å². The van der Waals surface area contributed by atoms with Gasteiger partial charge in [-0.3, -0.25) is 4.79 Å². The molecular formula is C18H17NO4. The molecule has 1 spiro atoms. The van der Waals surface area contributed by atoms with Crippen molar-refractivity contribution in [2.75, 3.05) is 6.54 Å². The first kappa shape index (κ1) is 14.1. The third kappa shape index (κ3) is 2.23. The van der Waals surface area contributed by atoms with E-state index in [0.717, 1.165) is 25.5 Å². The maximum Gasteiger partial charge on any atom is 0.338 e. The molecule has 0 saturated heterocycles. The highest BCUT2D eigenvalue weighted by atomic mass is 16.4. The van der Waals surface area contributed by atoms with Gasteiger partial charge in [0.1, 0.15) is 6.26 Å². The minimum atomic E-state index is -1.10. The summed E-state index contributed by atoms with van der Waals surface area (Å²) in [4.78, 5) is 22.9. The number of carbonyl (C=O) groups excluding carboxylic acids is 1. The van der Waals surface area contributed by atoms with E-state index in [9.17, 15) is 9.59 Å². The number of carboxylic acid groups (broad SMARTS) is 1. The standard InChI is InChI=1S/C18H17NO4/c20-16(15-7-12(10-23-15)17(21)22)19-9-13-8-18(13)6-5-11-3-1-2-4-14(11)18/h1-4,7,10,13H,5-6,8-9H2,(H,19,20)(H,21,22)/t13-,18+/m0/s1. The van der Waals surface area contributed by atoms with E-state index in [1.165, 1.54) is 17.2 Å². The van der Waals surface area contributed by atoms with Crippen LogP contribution in [0.2, 0.25) is 0 Å². The van der Waals surface area contributed by atoms with Crippen molar-refractivity contribution in [1.82, 2.24) is 5.32 Å². The predicted molar refractivity (Wildman–Crippen MR) is 82.5 cm³/mol. The maximum atomic E-state index is 12.1. The molecule has 1 heterocycles. The minimum Gasteiger partial charge on any atom is -0.478 e. The fourth-order valence-corrected chi connectivity index (χ4v) is 3.87. The summed E-state index contributed by atoms with van der Waals surface area (Å²) in [7, 11) is 0. The second-order valence-electron chi connectivity index (χ2n) is 6.43. The molecule has 2 aliphatic rings. The van der Waals surface area contributed by atoms with Crippen molar-refractivity contribution in [2.45, 2.75) is 24.7 Å². The molecular weight excluding hydrogens is 294 g/mol. The molecule has 4 rings (SSSR count). The van der Waals surface area contributed by atoms with Crippen molar-refractivity contribution in [3.05, 3.63) is 59.0 Å². The molecule has 2 aromatic rings. The highest BCUT2D eigenvalue weighted by molar-refractivity contribution is 5.95. The van der Waals surface area contributed by atoms with Crippen LogP contribution in [0.4, 0.5) is 0 Å². The van der Waals surface area contributed by atoms with Gasteiger partial charge in [0.15, 0.2) is 5.76 Å². The van der Waals surface area contributed by atoms with Crippen molar-refractivity contribution in [1.29, 1.82) is 0 Å². The normalized spacial score (nSPS) is 24.4. The Morgan fingerprint density at radius 1 is 1.35 bits per heavy atom. The van der Waals surface area contributed by atoms with E-state index in [1.807, 2.05) is 0 Å². The van der Waals surface area contributed by atoms with Crippen LogP contribution in [0.15, 0.2) is 41.0 Å². The van der Waals surface area contributed by atoms with Crippen LogP contribution in [0.3, 0.4) is 0 Å². The molecule has 23 heavy (non-hydrogen) atoms. The quantitative estimate of drug-likeness (QED) is 0.909. The Balaban J connectivity index is 1.40. The predicted octanol–water partition coefficient (Wildman–Crippen LogP) is 2.61. The smallest absolute Gasteiger partial charge is 0.338 e. The topological polar surface area (TPSA) is 79.5 Å². The van der Waals surface area contributed by atoms with Gasteiger partial charge in [0.05, 0.1) is 5.56 Å². The van der Waals surface area contributed by atoms with Crippen LogP contribution in [0.1, 0.15) is 44.9 Å². The zero-order valence-electron chi connectivity index (χ0n) is 12.5.